The number of rotatable bonds is 5. The van der Waals surface area contributed by atoms with Gasteiger partial charge < -0.3 is 10.1 Å². The third-order valence-corrected chi connectivity index (χ3v) is 4.18. The van der Waals surface area contributed by atoms with E-state index in [9.17, 15) is 0 Å². The summed E-state index contributed by atoms with van der Waals surface area (Å²) >= 11 is 0. The minimum atomic E-state index is 0.220. The first-order valence-electron chi connectivity index (χ1n) is 7.01. The second-order valence-electron chi connectivity index (χ2n) is 5.94. The molecule has 1 N–H and O–H groups in total. The average Bonchev–Trinajstić information content (AvgIpc) is 2.35. The van der Waals surface area contributed by atoms with E-state index in [1.165, 1.54) is 12.0 Å². The Kier molecular flexibility index (Phi) is 3.96. The van der Waals surface area contributed by atoms with Gasteiger partial charge >= 0.3 is 0 Å². The van der Waals surface area contributed by atoms with Gasteiger partial charge in [0.15, 0.2) is 0 Å². The molecule has 1 aromatic carbocycles. The standard InChI is InChI=1S/C16H25NO/c1-5-10-17-14-11-15(16(14,3)4)18-13-9-7-6-8-12(13)2/h6-9,14-15,17H,5,10-11H2,1-4H3. The lowest BCUT2D eigenvalue weighted by Gasteiger charge is -2.51. The Balaban J connectivity index is 1.95. The van der Waals surface area contributed by atoms with Gasteiger partial charge in [-0.2, -0.15) is 0 Å². The van der Waals surface area contributed by atoms with Crippen molar-refractivity contribution >= 4 is 0 Å². The minimum absolute atomic E-state index is 0.220. The van der Waals surface area contributed by atoms with E-state index in [2.05, 4.69) is 51.2 Å². The van der Waals surface area contributed by atoms with Crippen LogP contribution in [-0.2, 0) is 0 Å². The van der Waals surface area contributed by atoms with Gasteiger partial charge in [-0.05, 0) is 31.5 Å². The van der Waals surface area contributed by atoms with E-state index < -0.39 is 0 Å². The van der Waals surface area contributed by atoms with Crippen molar-refractivity contribution in [3.05, 3.63) is 29.8 Å². The van der Waals surface area contributed by atoms with Crippen molar-refractivity contribution in [1.82, 2.24) is 5.32 Å². The fourth-order valence-electron chi connectivity index (χ4n) is 2.59. The van der Waals surface area contributed by atoms with Gasteiger partial charge in [-0.15, -0.1) is 0 Å². The fourth-order valence-corrected chi connectivity index (χ4v) is 2.59. The molecular formula is C16H25NO. The molecule has 100 valence electrons. The first kappa shape index (κ1) is 13.4. The van der Waals surface area contributed by atoms with Gasteiger partial charge in [0.1, 0.15) is 11.9 Å². The summed E-state index contributed by atoms with van der Waals surface area (Å²) in [7, 11) is 0. The molecule has 0 aliphatic heterocycles. The fraction of sp³-hybridized carbons (Fsp3) is 0.625. The molecule has 0 bridgehead atoms. The van der Waals surface area contributed by atoms with Crippen molar-refractivity contribution in [1.29, 1.82) is 0 Å². The lowest BCUT2D eigenvalue weighted by Crippen LogP contribution is -2.62. The molecule has 2 nitrogen and oxygen atoms in total. The third kappa shape index (κ3) is 2.54. The maximum atomic E-state index is 6.17. The number of para-hydroxylation sites is 1. The molecule has 18 heavy (non-hydrogen) atoms. The van der Waals surface area contributed by atoms with Gasteiger partial charge in [-0.1, -0.05) is 39.0 Å². The molecule has 0 aromatic heterocycles. The van der Waals surface area contributed by atoms with Crippen LogP contribution in [0, 0.1) is 12.3 Å². The Bertz CT molecular complexity index is 400. The number of aryl methyl sites for hydroxylation is 1. The molecule has 0 heterocycles. The van der Waals surface area contributed by atoms with E-state index in [1.807, 2.05) is 6.07 Å². The first-order chi connectivity index (χ1) is 8.55. The zero-order chi connectivity index (χ0) is 13.2. The zero-order valence-corrected chi connectivity index (χ0v) is 12.0. The van der Waals surface area contributed by atoms with Crippen LogP contribution in [0.2, 0.25) is 0 Å². The predicted octanol–water partition coefficient (Wildman–Crippen LogP) is 3.54. The molecule has 2 unspecified atom stereocenters. The molecule has 0 saturated heterocycles. The van der Waals surface area contributed by atoms with E-state index >= 15 is 0 Å². The Morgan fingerprint density at radius 1 is 1.33 bits per heavy atom. The van der Waals surface area contributed by atoms with E-state index in [4.69, 9.17) is 4.74 Å². The van der Waals surface area contributed by atoms with Crippen molar-refractivity contribution in [2.24, 2.45) is 5.41 Å². The van der Waals surface area contributed by atoms with Crippen molar-refractivity contribution in [2.75, 3.05) is 6.54 Å². The summed E-state index contributed by atoms with van der Waals surface area (Å²) in [5.41, 5.74) is 1.44. The molecule has 0 radical (unpaired) electrons. The van der Waals surface area contributed by atoms with E-state index in [0.717, 1.165) is 18.7 Å². The van der Waals surface area contributed by atoms with Crippen LogP contribution in [0.3, 0.4) is 0 Å². The Morgan fingerprint density at radius 3 is 2.67 bits per heavy atom. The third-order valence-electron chi connectivity index (χ3n) is 4.18. The highest BCUT2D eigenvalue weighted by Crippen LogP contribution is 2.43. The molecule has 0 spiro atoms. The lowest BCUT2D eigenvalue weighted by atomic mass is 9.64. The molecule has 1 fully saturated rings. The Labute approximate surface area is 111 Å². The smallest absolute Gasteiger partial charge is 0.122 e. The summed E-state index contributed by atoms with van der Waals surface area (Å²) < 4.78 is 6.17. The molecular weight excluding hydrogens is 222 g/mol. The molecule has 1 aromatic rings. The van der Waals surface area contributed by atoms with Crippen LogP contribution in [0.1, 0.15) is 39.2 Å². The number of ether oxygens (including phenoxy) is 1. The van der Waals surface area contributed by atoms with Crippen LogP contribution in [0.15, 0.2) is 24.3 Å². The highest BCUT2D eigenvalue weighted by Gasteiger charge is 2.49. The van der Waals surface area contributed by atoms with Gasteiger partial charge in [-0.3, -0.25) is 0 Å². The minimum Gasteiger partial charge on any atom is -0.489 e. The van der Waals surface area contributed by atoms with E-state index in [1.54, 1.807) is 0 Å². The lowest BCUT2D eigenvalue weighted by molar-refractivity contribution is -0.0549. The largest absolute Gasteiger partial charge is 0.489 e. The molecule has 1 saturated carbocycles. The number of hydrogen-bond acceptors (Lipinski definition) is 2. The molecule has 2 atom stereocenters. The van der Waals surface area contributed by atoms with Gasteiger partial charge in [0, 0.05) is 17.9 Å². The van der Waals surface area contributed by atoms with Crippen LogP contribution < -0.4 is 10.1 Å². The molecule has 0 amide bonds. The molecule has 1 aliphatic carbocycles. The van der Waals surface area contributed by atoms with Gasteiger partial charge in [0.25, 0.3) is 0 Å². The molecule has 2 heteroatoms. The first-order valence-corrected chi connectivity index (χ1v) is 7.01. The predicted molar refractivity (Wildman–Crippen MR) is 76.1 cm³/mol. The summed E-state index contributed by atoms with van der Waals surface area (Å²) in [4.78, 5) is 0. The Morgan fingerprint density at radius 2 is 2.06 bits per heavy atom. The molecule has 1 aliphatic rings. The van der Waals surface area contributed by atoms with Crippen molar-refractivity contribution in [2.45, 2.75) is 52.7 Å². The second-order valence-corrected chi connectivity index (χ2v) is 5.94. The SMILES string of the molecule is CCCNC1CC(Oc2ccccc2C)C1(C)C. The van der Waals surface area contributed by atoms with Crippen molar-refractivity contribution < 1.29 is 4.74 Å². The van der Waals surface area contributed by atoms with E-state index in [-0.39, 0.29) is 5.41 Å². The Hall–Kier alpha value is -1.02. The monoisotopic (exact) mass is 247 g/mol. The second kappa shape index (κ2) is 5.31. The summed E-state index contributed by atoms with van der Waals surface area (Å²) in [6.07, 6.45) is 2.63. The topological polar surface area (TPSA) is 21.3 Å². The summed E-state index contributed by atoms with van der Waals surface area (Å²) in [6, 6.07) is 8.86. The van der Waals surface area contributed by atoms with Crippen LogP contribution in [-0.4, -0.2) is 18.7 Å². The van der Waals surface area contributed by atoms with Gasteiger partial charge in [0.2, 0.25) is 0 Å². The number of benzene rings is 1. The number of hydrogen-bond donors (Lipinski definition) is 1. The number of nitrogens with one attached hydrogen (secondary N) is 1. The van der Waals surface area contributed by atoms with Crippen LogP contribution in [0.4, 0.5) is 0 Å². The summed E-state index contributed by atoms with van der Waals surface area (Å²) in [5.74, 6) is 1.03. The highest BCUT2D eigenvalue weighted by atomic mass is 16.5. The van der Waals surface area contributed by atoms with Crippen LogP contribution in [0.5, 0.6) is 5.75 Å². The quantitative estimate of drug-likeness (QED) is 0.859. The van der Waals surface area contributed by atoms with Gasteiger partial charge in [0.05, 0.1) is 0 Å². The average molecular weight is 247 g/mol. The van der Waals surface area contributed by atoms with E-state index in [0.29, 0.717) is 12.1 Å². The summed E-state index contributed by atoms with van der Waals surface area (Å²) in [6.45, 7) is 10.0. The zero-order valence-electron chi connectivity index (χ0n) is 12.0. The summed E-state index contributed by atoms with van der Waals surface area (Å²) in [5, 5.41) is 3.61. The van der Waals surface area contributed by atoms with Crippen molar-refractivity contribution in [3.63, 3.8) is 0 Å². The highest BCUT2D eigenvalue weighted by molar-refractivity contribution is 5.32. The van der Waals surface area contributed by atoms with Gasteiger partial charge in [-0.25, -0.2) is 0 Å². The van der Waals surface area contributed by atoms with Crippen LogP contribution in [0.25, 0.3) is 0 Å². The van der Waals surface area contributed by atoms with Crippen LogP contribution >= 0.6 is 0 Å². The normalized spacial score (nSPS) is 25.6. The molecule has 2 rings (SSSR count). The maximum Gasteiger partial charge on any atom is 0.122 e. The van der Waals surface area contributed by atoms with Crippen molar-refractivity contribution in [3.8, 4) is 5.75 Å². The maximum absolute atomic E-state index is 6.17.